The molecule has 0 aromatic heterocycles. The van der Waals surface area contributed by atoms with Gasteiger partial charge in [0.15, 0.2) is 8.32 Å². The molecule has 0 atom stereocenters. The molecular formula is C10H20O2Si. The normalized spacial score (nSPS) is 11.8. The van der Waals surface area contributed by atoms with Gasteiger partial charge in [0.05, 0.1) is 6.61 Å². The van der Waals surface area contributed by atoms with Crippen molar-refractivity contribution < 1.29 is 9.16 Å². The van der Waals surface area contributed by atoms with Gasteiger partial charge in [-0.05, 0) is 46.3 Å². The second-order valence-corrected chi connectivity index (χ2v) is 8.81. The van der Waals surface area contributed by atoms with E-state index in [0.717, 1.165) is 0 Å². The quantitative estimate of drug-likeness (QED) is 0.515. The van der Waals surface area contributed by atoms with Crippen molar-refractivity contribution in [3.8, 4) is 12.0 Å². The van der Waals surface area contributed by atoms with Crippen LogP contribution in [0.15, 0.2) is 0 Å². The molecule has 0 fully saturated rings. The van der Waals surface area contributed by atoms with Crippen molar-refractivity contribution in [3.63, 3.8) is 0 Å². The molecule has 0 amide bonds. The van der Waals surface area contributed by atoms with Crippen LogP contribution in [0.25, 0.3) is 0 Å². The van der Waals surface area contributed by atoms with Crippen molar-refractivity contribution in [2.24, 2.45) is 0 Å². The molecule has 0 saturated heterocycles. The lowest BCUT2D eigenvalue weighted by atomic mass is 10.2. The number of ether oxygens (including phenoxy) is 1. The van der Waals surface area contributed by atoms with Crippen LogP contribution in [0.4, 0.5) is 0 Å². The summed E-state index contributed by atoms with van der Waals surface area (Å²) in [4.78, 5) is 0. The molecule has 0 spiro atoms. The first kappa shape index (κ1) is 12.5. The lowest BCUT2D eigenvalue weighted by Gasteiger charge is -2.28. The predicted molar refractivity (Wildman–Crippen MR) is 57.9 cm³/mol. The van der Waals surface area contributed by atoms with Crippen LogP contribution >= 0.6 is 0 Å². The summed E-state index contributed by atoms with van der Waals surface area (Å²) in [5.41, 5.74) is -0.389. The van der Waals surface area contributed by atoms with Gasteiger partial charge in [-0.3, -0.25) is 0 Å². The first-order valence-electron chi connectivity index (χ1n) is 4.61. The minimum atomic E-state index is -1.51. The highest BCUT2D eigenvalue weighted by Gasteiger charge is 2.25. The van der Waals surface area contributed by atoms with Gasteiger partial charge in [0.1, 0.15) is 11.7 Å². The van der Waals surface area contributed by atoms with Crippen molar-refractivity contribution >= 4 is 8.32 Å². The van der Waals surface area contributed by atoms with Crippen molar-refractivity contribution in [1.29, 1.82) is 0 Å². The highest BCUT2D eigenvalue weighted by atomic mass is 28.4. The molecule has 0 radical (unpaired) electrons. The summed E-state index contributed by atoms with van der Waals surface area (Å²) in [6, 6.07) is 0. The zero-order valence-electron chi connectivity index (χ0n) is 9.52. The van der Waals surface area contributed by atoms with E-state index < -0.39 is 8.32 Å². The van der Waals surface area contributed by atoms with E-state index in [0.29, 0.717) is 6.61 Å². The molecule has 0 bridgehead atoms. The second-order valence-electron chi connectivity index (χ2n) is 4.38. The van der Waals surface area contributed by atoms with Crippen LogP contribution in [0, 0.1) is 12.0 Å². The Hall–Kier alpha value is -0.463. The van der Waals surface area contributed by atoms with Gasteiger partial charge in [-0.2, -0.15) is 0 Å². The molecule has 76 valence electrons. The van der Waals surface area contributed by atoms with Crippen LogP contribution in [-0.4, -0.2) is 20.5 Å². The Labute approximate surface area is 82.8 Å². The first-order chi connectivity index (χ1) is 5.77. The number of rotatable bonds is 3. The maximum absolute atomic E-state index is 5.86. The monoisotopic (exact) mass is 200 g/mol. The average molecular weight is 200 g/mol. The van der Waals surface area contributed by atoms with E-state index in [-0.39, 0.29) is 5.60 Å². The van der Waals surface area contributed by atoms with Crippen molar-refractivity contribution in [2.45, 2.75) is 46.0 Å². The molecule has 0 heterocycles. The maximum Gasteiger partial charge on any atom is 0.185 e. The van der Waals surface area contributed by atoms with Gasteiger partial charge >= 0.3 is 0 Å². The summed E-state index contributed by atoms with van der Waals surface area (Å²) in [6.07, 6.45) is 2.65. The first-order valence-corrected chi connectivity index (χ1v) is 8.02. The topological polar surface area (TPSA) is 18.5 Å². The van der Waals surface area contributed by atoms with Gasteiger partial charge in [0.25, 0.3) is 0 Å². The molecule has 0 saturated carbocycles. The summed E-state index contributed by atoms with van der Waals surface area (Å²) in [7, 11) is -1.51. The SMILES string of the molecule is CCOC#CC(C)(C)O[Si](C)(C)C. The fraction of sp³-hybridized carbons (Fsp3) is 0.800. The van der Waals surface area contributed by atoms with E-state index in [9.17, 15) is 0 Å². The van der Waals surface area contributed by atoms with Gasteiger partial charge in [-0.15, -0.1) is 0 Å². The molecular weight excluding hydrogens is 180 g/mol. The van der Waals surface area contributed by atoms with Gasteiger partial charge in [-0.1, -0.05) is 0 Å². The van der Waals surface area contributed by atoms with E-state index in [1.165, 1.54) is 0 Å². The summed E-state index contributed by atoms with van der Waals surface area (Å²) in [5.74, 6) is 2.96. The highest BCUT2D eigenvalue weighted by Crippen LogP contribution is 2.15. The largest absolute Gasteiger partial charge is 0.447 e. The molecule has 0 N–H and O–H groups in total. The van der Waals surface area contributed by atoms with Crippen molar-refractivity contribution in [2.75, 3.05) is 6.61 Å². The van der Waals surface area contributed by atoms with E-state index in [1.54, 1.807) is 0 Å². The summed E-state index contributed by atoms with van der Waals surface area (Å²) >= 11 is 0. The van der Waals surface area contributed by atoms with Crippen LogP contribution in [0.3, 0.4) is 0 Å². The number of hydrogen-bond donors (Lipinski definition) is 0. The van der Waals surface area contributed by atoms with Gasteiger partial charge in [0.2, 0.25) is 0 Å². The Morgan fingerprint density at radius 2 is 1.77 bits per heavy atom. The zero-order valence-corrected chi connectivity index (χ0v) is 10.5. The van der Waals surface area contributed by atoms with Crippen LogP contribution in [0.5, 0.6) is 0 Å². The molecule has 0 aromatic carbocycles. The molecule has 0 rings (SSSR count). The number of hydrogen-bond acceptors (Lipinski definition) is 2. The van der Waals surface area contributed by atoms with Crippen molar-refractivity contribution in [3.05, 3.63) is 0 Å². The maximum atomic E-state index is 5.86. The molecule has 2 nitrogen and oxygen atoms in total. The van der Waals surface area contributed by atoms with E-state index in [2.05, 4.69) is 31.7 Å². The van der Waals surface area contributed by atoms with Gasteiger partial charge in [0, 0.05) is 0 Å². The summed E-state index contributed by atoms with van der Waals surface area (Å²) in [6.45, 7) is 12.9. The fourth-order valence-electron chi connectivity index (χ4n) is 1.02. The molecule has 0 aliphatic rings. The van der Waals surface area contributed by atoms with Gasteiger partial charge < -0.3 is 9.16 Å². The highest BCUT2D eigenvalue weighted by molar-refractivity contribution is 6.69. The Bertz CT molecular complexity index is 205. The summed E-state index contributed by atoms with van der Waals surface area (Å²) in [5, 5.41) is 0. The Kier molecular flexibility index (Phi) is 4.52. The van der Waals surface area contributed by atoms with Crippen LogP contribution < -0.4 is 0 Å². The molecule has 3 heteroatoms. The Morgan fingerprint density at radius 3 is 2.15 bits per heavy atom. The zero-order chi connectivity index (χ0) is 10.5. The van der Waals surface area contributed by atoms with E-state index >= 15 is 0 Å². The minimum absolute atomic E-state index is 0.389. The smallest absolute Gasteiger partial charge is 0.185 e. The van der Waals surface area contributed by atoms with E-state index in [4.69, 9.17) is 9.16 Å². The fourth-order valence-corrected chi connectivity index (χ4v) is 2.60. The van der Waals surface area contributed by atoms with Crippen molar-refractivity contribution in [1.82, 2.24) is 0 Å². The summed E-state index contributed by atoms with van der Waals surface area (Å²) < 4.78 is 10.8. The Morgan fingerprint density at radius 1 is 1.23 bits per heavy atom. The average Bonchev–Trinajstić information content (AvgIpc) is 1.81. The van der Waals surface area contributed by atoms with Gasteiger partial charge in [-0.25, -0.2) is 0 Å². The molecule has 13 heavy (non-hydrogen) atoms. The molecule has 0 aliphatic carbocycles. The third-order valence-corrected chi connectivity index (χ3v) is 2.25. The van der Waals surface area contributed by atoms with Crippen LogP contribution in [0.1, 0.15) is 20.8 Å². The standard InChI is InChI=1S/C10H20O2Si/c1-7-11-9-8-10(2,3)12-13(4,5)6/h7H2,1-6H3. The molecule has 0 aromatic rings. The molecule has 0 aliphatic heterocycles. The molecule has 0 unspecified atom stereocenters. The van der Waals surface area contributed by atoms with Crippen LogP contribution in [0.2, 0.25) is 19.6 Å². The third kappa shape index (κ3) is 7.88. The minimum Gasteiger partial charge on any atom is -0.447 e. The van der Waals surface area contributed by atoms with E-state index in [1.807, 2.05) is 20.8 Å². The van der Waals surface area contributed by atoms with Crippen LogP contribution in [-0.2, 0) is 9.16 Å². The third-order valence-electron chi connectivity index (χ3n) is 1.13. The second kappa shape index (κ2) is 4.68. The Balaban J connectivity index is 4.18. The predicted octanol–water partition coefficient (Wildman–Crippen LogP) is 2.61. The lowest BCUT2D eigenvalue weighted by molar-refractivity contribution is 0.162. The lowest BCUT2D eigenvalue weighted by Crippen LogP contribution is -2.37.